The fourth-order valence-electron chi connectivity index (χ4n) is 3.24. The number of aliphatic hydroxyl groups excluding tert-OH is 1. The van der Waals surface area contributed by atoms with E-state index in [4.69, 9.17) is 16.3 Å². The molecule has 0 aromatic heterocycles. The Morgan fingerprint density at radius 3 is 2.11 bits per heavy atom. The topological polar surface area (TPSA) is 32.7 Å². The van der Waals surface area contributed by atoms with Gasteiger partial charge in [-0.1, -0.05) is 78.3 Å². The lowest BCUT2D eigenvalue weighted by Gasteiger charge is -2.31. The van der Waals surface area contributed by atoms with Crippen LogP contribution in [0.25, 0.3) is 0 Å². The van der Waals surface area contributed by atoms with Gasteiger partial charge in [0.25, 0.3) is 0 Å². The van der Waals surface area contributed by atoms with Crippen molar-refractivity contribution in [3.63, 3.8) is 0 Å². The predicted octanol–water partition coefficient (Wildman–Crippen LogP) is 5.08. The van der Waals surface area contributed by atoms with E-state index in [2.05, 4.69) is 29.2 Å². The van der Waals surface area contributed by atoms with Crippen LogP contribution in [-0.4, -0.2) is 23.7 Å². The van der Waals surface area contributed by atoms with Gasteiger partial charge in [-0.2, -0.15) is 0 Å². The Morgan fingerprint density at radius 2 is 1.52 bits per heavy atom. The van der Waals surface area contributed by atoms with E-state index in [0.717, 1.165) is 17.7 Å². The van der Waals surface area contributed by atoms with Crippen LogP contribution < -0.4 is 4.74 Å². The molecule has 3 aromatic carbocycles. The molecule has 0 unspecified atom stereocenters. The second-order valence-electron chi connectivity index (χ2n) is 6.47. The van der Waals surface area contributed by atoms with Crippen LogP contribution in [0.3, 0.4) is 0 Å². The van der Waals surface area contributed by atoms with E-state index in [1.165, 1.54) is 5.56 Å². The van der Waals surface area contributed by atoms with E-state index in [0.29, 0.717) is 17.3 Å². The molecule has 0 aliphatic heterocycles. The normalized spacial score (nSPS) is 12.1. The van der Waals surface area contributed by atoms with Crippen LogP contribution in [0.15, 0.2) is 78.9 Å². The van der Waals surface area contributed by atoms with E-state index in [1.54, 1.807) is 7.11 Å². The molecule has 3 rings (SSSR count). The van der Waals surface area contributed by atoms with Gasteiger partial charge in [-0.25, -0.2) is 0 Å². The Bertz CT molecular complexity index is 840. The maximum atomic E-state index is 10.2. The molecule has 4 heteroatoms. The fourth-order valence-corrected chi connectivity index (χ4v) is 3.52. The van der Waals surface area contributed by atoms with Crippen molar-refractivity contribution < 1.29 is 9.84 Å². The molecular weight excluding hydrogens is 358 g/mol. The molecule has 0 heterocycles. The number of rotatable bonds is 8. The minimum absolute atomic E-state index is 0.0424. The Hall–Kier alpha value is -2.33. The quantitative estimate of drug-likeness (QED) is 0.590. The first-order valence-corrected chi connectivity index (χ1v) is 9.35. The minimum atomic E-state index is -0.104. The summed E-state index contributed by atoms with van der Waals surface area (Å²) in [4.78, 5) is 2.27. The highest BCUT2D eigenvalue weighted by Crippen LogP contribution is 2.29. The van der Waals surface area contributed by atoms with Gasteiger partial charge in [-0.3, -0.25) is 4.90 Å². The SMILES string of the molecule is COc1ccc(CN(Cc2ccccc2)[C@@H](CO)c2ccccc2)cc1Cl. The Morgan fingerprint density at radius 1 is 0.889 bits per heavy atom. The Labute approximate surface area is 165 Å². The number of hydrogen-bond donors (Lipinski definition) is 1. The highest BCUT2D eigenvalue weighted by atomic mass is 35.5. The summed E-state index contributed by atoms with van der Waals surface area (Å²) in [5.41, 5.74) is 3.37. The molecule has 0 bridgehead atoms. The first kappa shape index (κ1) is 19.4. The monoisotopic (exact) mass is 381 g/mol. The molecule has 27 heavy (non-hydrogen) atoms. The van der Waals surface area contributed by atoms with E-state index in [-0.39, 0.29) is 12.6 Å². The lowest BCUT2D eigenvalue weighted by molar-refractivity contribution is 0.110. The molecule has 0 aliphatic carbocycles. The van der Waals surface area contributed by atoms with Crippen molar-refractivity contribution in [2.45, 2.75) is 19.1 Å². The largest absolute Gasteiger partial charge is 0.495 e. The van der Waals surface area contributed by atoms with Crippen molar-refractivity contribution in [1.82, 2.24) is 4.90 Å². The summed E-state index contributed by atoms with van der Waals surface area (Å²) >= 11 is 6.31. The van der Waals surface area contributed by atoms with Crippen LogP contribution in [0.1, 0.15) is 22.7 Å². The molecule has 0 amide bonds. The zero-order chi connectivity index (χ0) is 19.1. The van der Waals surface area contributed by atoms with Crippen molar-refractivity contribution >= 4 is 11.6 Å². The van der Waals surface area contributed by atoms with Gasteiger partial charge in [0.05, 0.1) is 24.8 Å². The molecule has 0 radical (unpaired) electrons. The van der Waals surface area contributed by atoms with Gasteiger partial charge >= 0.3 is 0 Å². The number of hydrogen-bond acceptors (Lipinski definition) is 3. The van der Waals surface area contributed by atoms with Gasteiger partial charge < -0.3 is 9.84 Å². The number of methoxy groups -OCH3 is 1. The number of halogens is 1. The molecule has 3 aromatic rings. The van der Waals surface area contributed by atoms with Gasteiger partial charge in [-0.05, 0) is 28.8 Å². The Kier molecular flexibility index (Phi) is 6.88. The van der Waals surface area contributed by atoms with Crippen LogP contribution >= 0.6 is 11.6 Å². The first-order chi connectivity index (χ1) is 13.2. The van der Waals surface area contributed by atoms with Gasteiger partial charge in [0.1, 0.15) is 5.75 Å². The molecule has 140 valence electrons. The van der Waals surface area contributed by atoms with Gasteiger partial charge in [0.15, 0.2) is 0 Å². The van der Waals surface area contributed by atoms with Crippen molar-refractivity contribution in [2.75, 3.05) is 13.7 Å². The molecule has 0 aliphatic rings. The molecule has 0 spiro atoms. The van der Waals surface area contributed by atoms with E-state index < -0.39 is 0 Å². The lowest BCUT2D eigenvalue weighted by atomic mass is 10.0. The second-order valence-corrected chi connectivity index (χ2v) is 6.88. The number of aliphatic hydroxyl groups is 1. The third kappa shape index (κ3) is 5.10. The Balaban J connectivity index is 1.90. The van der Waals surface area contributed by atoms with Gasteiger partial charge in [0, 0.05) is 13.1 Å². The third-order valence-electron chi connectivity index (χ3n) is 4.63. The molecule has 0 saturated heterocycles. The lowest BCUT2D eigenvalue weighted by Crippen LogP contribution is -2.30. The van der Waals surface area contributed by atoms with E-state index in [1.807, 2.05) is 54.6 Å². The standard InChI is InChI=1S/C23H24ClNO2/c1-27-23-13-12-19(14-21(23)24)16-25(15-18-8-4-2-5-9-18)22(17-26)20-10-6-3-7-11-20/h2-14,22,26H,15-17H2,1H3/t22-/m0/s1. The number of ether oxygens (including phenoxy) is 1. The van der Waals surface area contributed by atoms with Crippen molar-refractivity contribution in [1.29, 1.82) is 0 Å². The predicted molar refractivity (Wildman–Crippen MR) is 110 cm³/mol. The summed E-state index contributed by atoms with van der Waals surface area (Å²) in [6.07, 6.45) is 0. The summed E-state index contributed by atoms with van der Waals surface area (Å²) < 4.78 is 5.25. The van der Waals surface area contributed by atoms with Crippen LogP contribution in [0, 0.1) is 0 Å². The maximum absolute atomic E-state index is 10.2. The zero-order valence-electron chi connectivity index (χ0n) is 15.4. The van der Waals surface area contributed by atoms with Crippen molar-refractivity contribution in [2.24, 2.45) is 0 Å². The summed E-state index contributed by atoms with van der Waals surface area (Å²) in [6, 6.07) is 26.1. The highest BCUT2D eigenvalue weighted by molar-refractivity contribution is 6.32. The molecule has 3 nitrogen and oxygen atoms in total. The molecule has 1 N–H and O–H groups in total. The summed E-state index contributed by atoms with van der Waals surface area (Å²) in [7, 11) is 1.61. The smallest absolute Gasteiger partial charge is 0.137 e. The van der Waals surface area contributed by atoms with E-state index >= 15 is 0 Å². The average molecular weight is 382 g/mol. The average Bonchev–Trinajstić information content (AvgIpc) is 2.70. The van der Waals surface area contributed by atoms with Crippen LogP contribution in [-0.2, 0) is 13.1 Å². The maximum Gasteiger partial charge on any atom is 0.137 e. The van der Waals surface area contributed by atoms with Crippen molar-refractivity contribution in [3.05, 3.63) is 101 Å². The van der Waals surface area contributed by atoms with Crippen molar-refractivity contribution in [3.8, 4) is 5.75 Å². The first-order valence-electron chi connectivity index (χ1n) is 8.97. The van der Waals surface area contributed by atoms with Crippen LogP contribution in [0.4, 0.5) is 0 Å². The molecular formula is C23H24ClNO2. The zero-order valence-corrected chi connectivity index (χ0v) is 16.1. The van der Waals surface area contributed by atoms with Crippen LogP contribution in [0.5, 0.6) is 5.75 Å². The molecule has 1 atom stereocenters. The second kappa shape index (κ2) is 9.56. The van der Waals surface area contributed by atoms with Gasteiger partial charge in [-0.15, -0.1) is 0 Å². The molecule has 0 fully saturated rings. The number of nitrogens with zero attached hydrogens (tertiary/aromatic N) is 1. The highest BCUT2D eigenvalue weighted by Gasteiger charge is 2.20. The van der Waals surface area contributed by atoms with E-state index in [9.17, 15) is 5.11 Å². The summed E-state index contributed by atoms with van der Waals surface area (Å²) in [6.45, 7) is 1.43. The summed E-state index contributed by atoms with van der Waals surface area (Å²) in [5, 5.41) is 10.7. The fraction of sp³-hybridized carbons (Fsp3) is 0.217. The van der Waals surface area contributed by atoms with Crippen LogP contribution in [0.2, 0.25) is 5.02 Å². The molecule has 0 saturated carbocycles. The van der Waals surface area contributed by atoms with Gasteiger partial charge in [0.2, 0.25) is 0 Å². The minimum Gasteiger partial charge on any atom is -0.495 e. The number of benzene rings is 3. The summed E-state index contributed by atoms with van der Waals surface area (Å²) in [5.74, 6) is 0.664. The third-order valence-corrected chi connectivity index (χ3v) is 4.92.